The number of rotatable bonds is 3. The number of aromatic nitrogens is 2. The number of hydrogen-bond donors (Lipinski definition) is 3. The molecular weight excluding hydrogens is 331 g/mol. The van der Waals surface area contributed by atoms with Crippen molar-refractivity contribution in [1.82, 2.24) is 9.97 Å². The molecule has 4 aromatic rings. The number of nitrogens with one attached hydrogen (secondary N) is 2. The Morgan fingerprint density at radius 2 is 1.81 bits per heavy atom. The normalized spacial score (nSPS) is 10.8. The zero-order chi connectivity index (χ0) is 18.1. The summed E-state index contributed by atoms with van der Waals surface area (Å²) in [6.45, 7) is 0. The summed E-state index contributed by atoms with van der Waals surface area (Å²) in [5.41, 5.74) is 9.29. The third-order valence-electron chi connectivity index (χ3n) is 4.05. The third-order valence-corrected chi connectivity index (χ3v) is 4.05. The van der Waals surface area contributed by atoms with Crippen molar-refractivity contribution < 1.29 is 9.18 Å². The highest BCUT2D eigenvalue weighted by Gasteiger charge is 2.12. The maximum absolute atomic E-state index is 13.7. The molecule has 4 N–H and O–H groups in total. The van der Waals surface area contributed by atoms with Gasteiger partial charge < -0.3 is 16.0 Å². The van der Waals surface area contributed by atoms with E-state index in [4.69, 9.17) is 5.73 Å². The van der Waals surface area contributed by atoms with Gasteiger partial charge in [-0.1, -0.05) is 12.1 Å². The first-order valence-corrected chi connectivity index (χ1v) is 8.02. The SMILES string of the molecule is Nc1ccc(-c2nc3ccc(C(=O)Nc4ccccc4F)cc3[nH]2)cc1. The molecular formula is C20H15FN4O. The molecule has 26 heavy (non-hydrogen) atoms. The van der Waals surface area contributed by atoms with Crippen LogP contribution in [0.5, 0.6) is 0 Å². The molecule has 0 fully saturated rings. The fourth-order valence-electron chi connectivity index (χ4n) is 2.69. The van der Waals surface area contributed by atoms with Gasteiger partial charge in [0.2, 0.25) is 0 Å². The van der Waals surface area contributed by atoms with E-state index in [9.17, 15) is 9.18 Å². The number of amides is 1. The van der Waals surface area contributed by atoms with Crippen molar-refractivity contribution in [2.75, 3.05) is 11.1 Å². The molecule has 0 radical (unpaired) electrons. The summed E-state index contributed by atoms with van der Waals surface area (Å²) in [7, 11) is 0. The number of nitrogens with zero attached hydrogens (tertiary/aromatic N) is 1. The largest absolute Gasteiger partial charge is 0.399 e. The van der Waals surface area contributed by atoms with Crippen molar-refractivity contribution in [3.63, 3.8) is 0 Å². The van der Waals surface area contributed by atoms with Gasteiger partial charge in [-0.15, -0.1) is 0 Å². The number of nitrogens with two attached hydrogens (primary N) is 1. The van der Waals surface area contributed by atoms with Gasteiger partial charge in [-0.3, -0.25) is 4.79 Å². The van der Waals surface area contributed by atoms with E-state index in [0.717, 1.165) is 16.6 Å². The van der Waals surface area contributed by atoms with Crippen LogP contribution in [0.15, 0.2) is 66.7 Å². The Labute approximate surface area is 148 Å². The van der Waals surface area contributed by atoms with E-state index < -0.39 is 5.82 Å². The van der Waals surface area contributed by atoms with Gasteiger partial charge in [0.05, 0.1) is 16.7 Å². The fourth-order valence-corrected chi connectivity index (χ4v) is 2.69. The highest BCUT2D eigenvalue weighted by atomic mass is 19.1. The van der Waals surface area contributed by atoms with Crippen LogP contribution in [0.3, 0.4) is 0 Å². The van der Waals surface area contributed by atoms with Crippen molar-refractivity contribution in [2.45, 2.75) is 0 Å². The molecule has 0 aliphatic heterocycles. The average Bonchev–Trinajstić information content (AvgIpc) is 3.07. The van der Waals surface area contributed by atoms with Crippen LogP contribution in [0.4, 0.5) is 15.8 Å². The number of fused-ring (bicyclic) bond motifs is 1. The first-order chi connectivity index (χ1) is 12.6. The minimum atomic E-state index is -0.478. The Bertz CT molecular complexity index is 1100. The summed E-state index contributed by atoms with van der Waals surface area (Å²) >= 11 is 0. The Kier molecular flexibility index (Phi) is 3.85. The second kappa shape index (κ2) is 6.33. The number of carbonyl (C=O) groups is 1. The number of halogens is 1. The average molecular weight is 346 g/mol. The second-order valence-electron chi connectivity index (χ2n) is 5.87. The number of benzene rings is 3. The van der Waals surface area contributed by atoms with Crippen LogP contribution in [0.2, 0.25) is 0 Å². The van der Waals surface area contributed by atoms with E-state index in [1.807, 2.05) is 12.1 Å². The van der Waals surface area contributed by atoms with Crippen LogP contribution >= 0.6 is 0 Å². The minimum Gasteiger partial charge on any atom is -0.399 e. The number of imidazole rings is 1. The molecule has 0 saturated heterocycles. The Morgan fingerprint density at radius 3 is 2.58 bits per heavy atom. The minimum absolute atomic E-state index is 0.143. The Balaban J connectivity index is 1.64. The van der Waals surface area contributed by atoms with Crippen molar-refractivity contribution in [3.05, 3.63) is 78.1 Å². The molecule has 0 saturated carbocycles. The molecule has 0 bridgehead atoms. The molecule has 5 nitrogen and oxygen atoms in total. The number of anilines is 2. The van der Waals surface area contributed by atoms with Crippen LogP contribution in [0, 0.1) is 5.82 Å². The molecule has 0 spiro atoms. The zero-order valence-corrected chi connectivity index (χ0v) is 13.7. The number of aromatic amines is 1. The maximum Gasteiger partial charge on any atom is 0.255 e. The van der Waals surface area contributed by atoms with E-state index in [-0.39, 0.29) is 11.6 Å². The highest BCUT2D eigenvalue weighted by molar-refractivity contribution is 6.06. The standard InChI is InChI=1S/C20H15FN4O/c21-15-3-1-2-4-16(15)25-20(26)13-7-10-17-18(11-13)24-19(23-17)12-5-8-14(22)9-6-12/h1-11H,22H2,(H,23,24)(H,25,26). The van der Waals surface area contributed by atoms with Crippen LogP contribution in [0.1, 0.15) is 10.4 Å². The number of para-hydroxylation sites is 1. The van der Waals surface area contributed by atoms with Crippen LogP contribution in [-0.4, -0.2) is 15.9 Å². The van der Waals surface area contributed by atoms with Gasteiger partial charge in [0.25, 0.3) is 5.91 Å². The Morgan fingerprint density at radius 1 is 1.04 bits per heavy atom. The van der Waals surface area contributed by atoms with Gasteiger partial charge >= 0.3 is 0 Å². The number of H-pyrrole nitrogens is 1. The summed E-state index contributed by atoms with van der Waals surface area (Å²) in [4.78, 5) is 20.1. The van der Waals surface area contributed by atoms with E-state index in [1.165, 1.54) is 12.1 Å². The molecule has 0 aliphatic carbocycles. The number of hydrogen-bond acceptors (Lipinski definition) is 3. The van der Waals surface area contributed by atoms with Crippen molar-refractivity contribution in [1.29, 1.82) is 0 Å². The first kappa shape index (κ1) is 15.8. The van der Waals surface area contributed by atoms with Gasteiger partial charge in [-0.2, -0.15) is 0 Å². The molecule has 1 aromatic heterocycles. The van der Waals surface area contributed by atoms with Crippen molar-refractivity contribution in [2.24, 2.45) is 0 Å². The second-order valence-corrected chi connectivity index (χ2v) is 5.87. The third kappa shape index (κ3) is 3.00. The number of carbonyl (C=O) groups excluding carboxylic acids is 1. The molecule has 1 amide bonds. The summed E-state index contributed by atoms with van der Waals surface area (Å²) in [5, 5.41) is 2.57. The maximum atomic E-state index is 13.7. The van der Waals surface area contributed by atoms with E-state index in [2.05, 4.69) is 15.3 Å². The van der Waals surface area contributed by atoms with Crippen LogP contribution in [-0.2, 0) is 0 Å². The first-order valence-electron chi connectivity index (χ1n) is 8.02. The van der Waals surface area contributed by atoms with Crippen LogP contribution in [0.25, 0.3) is 22.4 Å². The molecule has 1 heterocycles. The molecule has 0 atom stereocenters. The molecule has 6 heteroatoms. The molecule has 0 aliphatic rings. The predicted molar refractivity (Wildman–Crippen MR) is 100 cm³/mol. The van der Waals surface area contributed by atoms with Gasteiger partial charge in [-0.05, 0) is 54.6 Å². The van der Waals surface area contributed by atoms with Crippen molar-refractivity contribution in [3.8, 4) is 11.4 Å². The topological polar surface area (TPSA) is 83.8 Å². The molecule has 128 valence electrons. The van der Waals surface area contributed by atoms with E-state index in [1.54, 1.807) is 42.5 Å². The lowest BCUT2D eigenvalue weighted by molar-refractivity contribution is 0.102. The lowest BCUT2D eigenvalue weighted by Gasteiger charge is -2.06. The fraction of sp³-hybridized carbons (Fsp3) is 0. The Hall–Kier alpha value is -3.67. The van der Waals surface area contributed by atoms with E-state index in [0.29, 0.717) is 17.1 Å². The van der Waals surface area contributed by atoms with Gasteiger partial charge in [0, 0.05) is 16.8 Å². The number of nitrogen functional groups attached to an aromatic ring is 1. The zero-order valence-electron chi connectivity index (χ0n) is 13.7. The van der Waals surface area contributed by atoms with Crippen molar-refractivity contribution >= 4 is 28.3 Å². The van der Waals surface area contributed by atoms with Crippen LogP contribution < -0.4 is 11.1 Å². The summed E-state index contributed by atoms with van der Waals surface area (Å²) in [6, 6.07) is 18.5. The lowest BCUT2D eigenvalue weighted by Crippen LogP contribution is -2.12. The lowest BCUT2D eigenvalue weighted by atomic mass is 10.2. The van der Waals surface area contributed by atoms with E-state index >= 15 is 0 Å². The highest BCUT2D eigenvalue weighted by Crippen LogP contribution is 2.23. The predicted octanol–water partition coefficient (Wildman–Crippen LogP) is 4.20. The molecule has 3 aromatic carbocycles. The molecule has 4 rings (SSSR count). The quantitative estimate of drug-likeness (QED) is 0.486. The summed E-state index contributed by atoms with van der Waals surface area (Å²) in [5.74, 6) is -0.179. The van der Waals surface area contributed by atoms with Gasteiger partial charge in [0.15, 0.2) is 0 Å². The smallest absolute Gasteiger partial charge is 0.255 e. The monoisotopic (exact) mass is 346 g/mol. The van der Waals surface area contributed by atoms with Gasteiger partial charge in [0.1, 0.15) is 11.6 Å². The van der Waals surface area contributed by atoms with Gasteiger partial charge in [-0.25, -0.2) is 9.37 Å². The summed E-state index contributed by atoms with van der Waals surface area (Å²) in [6.07, 6.45) is 0. The molecule has 0 unspecified atom stereocenters. The summed E-state index contributed by atoms with van der Waals surface area (Å²) < 4.78 is 13.7.